The predicted molar refractivity (Wildman–Crippen MR) is 94.3 cm³/mol. The van der Waals surface area contributed by atoms with E-state index in [1.165, 1.54) is 0 Å². The zero-order valence-corrected chi connectivity index (χ0v) is 16.5. The van der Waals surface area contributed by atoms with Crippen molar-refractivity contribution >= 4 is 8.25 Å². The molecule has 3 fully saturated rings. The number of ether oxygens (including phenoxy) is 3. The lowest BCUT2D eigenvalue weighted by Gasteiger charge is -2.41. The van der Waals surface area contributed by atoms with Gasteiger partial charge in [0.25, 0.3) is 0 Å². The van der Waals surface area contributed by atoms with Crippen LogP contribution in [0.3, 0.4) is 0 Å². The lowest BCUT2D eigenvalue weighted by atomic mass is 9.83. The Bertz CT molecular complexity index is 522. The number of hydrogen-bond donors (Lipinski definition) is 5. The molecule has 0 aromatic carbocycles. The summed E-state index contributed by atoms with van der Waals surface area (Å²) in [5.41, 5.74) is -0.947. The van der Waals surface area contributed by atoms with Gasteiger partial charge in [0.15, 0.2) is 6.29 Å². The van der Waals surface area contributed by atoms with Crippen LogP contribution in [-0.2, 0) is 23.3 Å². The molecule has 2 aliphatic carbocycles. The molecule has 1 aliphatic heterocycles. The average molecular weight is 425 g/mol. The summed E-state index contributed by atoms with van der Waals surface area (Å²) in [6, 6.07) is 0. The second-order valence-corrected chi connectivity index (χ2v) is 8.78. The molecule has 11 heteroatoms. The van der Waals surface area contributed by atoms with Gasteiger partial charge in [0.2, 0.25) is 0 Å². The van der Waals surface area contributed by atoms with E-state index in [-0.39, 0.29) is 25.2 Å². The van der Waals surface area contributed by atoms with Crippen LogP contribution < -0.4 is 0 Å². The summed E-state index contributed by atoms with van der Waals surface area (Å²) in [5, 5.41) is 40.7. The quantitative estimate of drug-likeness (QED) is 0.308. The fraction of sp³-hybridized carbons (Fsp3) is 1.00. The normalized spacial score (nSPS) is 40.9. The molecule has 3 rings (SSSR count). The van der Waals surface area contributed by atoms with Gasteiger partial charge in [0, 0.05) is 11.2 Å². The first-order chi connectivity index (χ1) is 13.3. The molecule has 3 aliphatic rings. The van der Waals surface area contributed by atoms with Gasteiger partial charge in [-0.2, -0.15) is 0 Å². The standard InChI is InChI=1S/C17H29O10P/c18-13-12(8-24-7-10-5-11(6-10)27-28(22)23)26-16(15(20)14(13)19)25-9-17(21)3-1-2-4-17/h10-16,18-21H,1-9H2/p+1. The fourth-order valence-corrected chi connectivity index (χ4v) is 4.41. The molecule has 6 unspecified atom stereocenters. The van der Waals surface area contributed by atoms with E-state index >= 15 is 0 Å². The first-order valence-corrected chi connectivity index (χ1v) is 10.8. The van der Waals surface area contributed by atoms with E-state index in [0.29, 0.717) is 32.3 Å². The highest BCUT2D eigenvalue weighted by Gasteiger charge is 2.46. The summed E-state index contributed by atoms with van der Waals surface area (Å²) < 4.78 is 32.0. The summed E-state index contributed by atoms with van der Waals surface area (Å²) in [6.07, 6.45) is -2.23. The monoisotopic (exact) mass is 425 g/mol. The molecule has 6 atom stereocenters. The van der Waals surface area contributed by atoms with Crippen molar-refractivity contribution in [1.29, 1.82) is 0 Å². The van der Waals surface area contributed by atoms with Gasteiger partial charge in [-0.05, 0) is 31.6 Å². The third-order valence-corrected chi connectivity index (χ3v) is 6.26. The fourth-order valence-electron chi connectivity index (χ4n) is 3.98. The molecule has 0 amide bonds. The van der Waals surface area contributed by atoms with Crippen molar-refractivity contribution in [2.24, 2.45) is 5.92 Å². The van der Waals surface area contributed by atoms with Crippen molar-refractivity contribution in [3.05, 3.63) is 0 Å². The Kier molecular flexibility index (Phi) is 7.77. The highest BCUT2D eigenvalue weighted by Crippen LogP contribution is 2.36. The van der Waals surface area contributed by atoms with Crippen LogP contribution in [0.2, 0.25) is 0 Å². The molecular formula is C17H30O10P+. The van der Waals surface area contributed by atoms with Crippen molar-refractivity contribution in [2.45, 2.75) is 80.9 Å². The van der Waals surface area contributed by atoms with E-state index < -0.39 is 44.6 Å². The van der Waals surface area contributed by atoms with Crippen molar-refractivity contribution < 1.29 is 48.6 Å². The van der Waals surface area contributed by atoms with Gasteiger partial charge >= 0.3 is 8.25 Å². The number of aliphatic hydroxyl groups excluding tert-OH is 3. The van der Waals surface area contributed by atoms with Crippen molar-refractivity contribution in [3.8, 4) is 0 Å². The zero-order chi connectivity index (χ0) is 20.3. The van der Waals surface area contributed by atoms with Gasteiger partial charge in [0.05, 0.1) is 18.8 Å². The Morgan fingerprint density at radius 2 is 1.71 bits per heavy atom. The highest BCUT2D eigenvalue weighted by molar-refractivity contribution is 7.32. The van der Waals surface area contributed by atoms with E-state index in [1.807, 2.05) is 0 Å². The number of rotatable bonds is 9. The minimum atomic E-state index is -2.60. The molecule has 5 N–H and O–H groups in total. The molecular weight excluding hydrogens is 395 g/mol. The average Bonchev–Trinajstić information content (AvgIpc) is 3.05. The zero-order valence-electron chi connectivity index (χ0n) is 15.6. The molecule has 1 saturated heterocycles. The van der Waals surface area contributed by atoms with Gasteiger partial charge in [0.1, 0.15) is 30.5 Å². The van der Waals surface area contributed by atoms with Gasteiger partial charge in [-0.1, -0.05) is 12.8 Å². The third-order valence-electron chi connectivity index (χ3n) is 5.79. The van der Waals surface area contributed by atoms with Crippen molar-refractivity contribution in [2.75, 3.05) is 19.8 Å². The highest BCUT2D eigenvalue weighted by atomic mass is 31.1. The Labute approximate surface area is 164 Å². The smallest absolute Gasteiger partial charge is 0.387 e. The summed E-state index contributed by atoms with van der Waals surface area (Å²) >= 11 is 0. The van der Waals surface area contributed by atoms with E-state index in [9.17, 15) is 25.0 Å². The Hall–Kier alpha value is -0.260. The summed E-state index contributed by atoms with van der Waals surface area (Å²) in [4.78, 5) is 8.69. The summed E-state index contributed by atoms with van der Waals surface area (Å²) in [6.45, 7) is 0.339. The summed E-state index contributed by atoms with van der Waals surface area (Å²) in [5.74, 6) is 0.180. The molecule has 28 heavy (non-hydrogen) atoms. The second kappa shape index (κ2) is 9.70. The van der Waals surface area contributed by atoms with Crippen LogP contribution in [0.25, 0.3) is 0 Å². The molecule has 1 heterocycles. The minimum Gasteiger partial charge on any atom is -0.387 e. The third kappa shape index (κ3) is 5.66. The molecule has 162 valence electrons. The molecule has 0 aromatic rings. The molecule has 0 radical (unpaired) electrons. The molecule has 10 nitrogen and oxygen atoms in total. The van der Waals surface area contributed by atoms with Crippen LogP contribution in [0.4, 0.5) is 0 Å². The van der Waals surface area contributed by atoms with E-state index in [2.05, 4.69) is 0 Å². The second-order valence-electron chi connectivity index (χ2n) is 8.10. The van der Waals surface area contributed by atoms with E-state index in [0.717, 1.165) is 12.8 Å². The van der Waals surface area contributed by atoms with E-state index in [1.54, 1.807) is 0 Å². The van der Waals surface area contributed by atoms with Crippen LogP contribution in [0.15, 0.2) is 0 Å². The van der Waals surface area contributed by atoms with Gasteiger partial charge in [-0.3, -0.25) is 0 Å². The largest absolute Gasteiger partial charge is 0.694 e. The van der Waals surface area contributed by atoms with Crippen LogP contribution in [-0.4, -0.2) is 87.6 Å². The van der Waals surface area contributed by atoms with Crippen molar-refractivity contribution in [1.82, 2.24) is 0 Å². The van der Waals surface area contributed by atoms with Gasteiger partial charge in [-0.15, -0.1) is 9.42 Å². The first-order valence-electron chi connectivity index (χ1n) is 9.72. The SMILES string of the molecule is O=[P+](O)OC1CC(COCC2OC(OCC3(O)CCCC3)C(O)C(O)C2O)C1. The maximum atomic E-state index is 10.6. The minimum absolute atomic E-state index is 0.00857. The molecule has 2 saturated carbocycles. The maximum absolute atomic E-state index is 10.6. The van der Waals surface area contributed by atoms with Crippen molar-refractivity contribution in [3.63, 3.8) is 0 Å². The molecule has 0 spiro atoms. The lowest BCUT2D eigenvalue weighted by Crippen LogP contribution is -2.60. The van der Waals surface area contributed by atoms with E-state index in [4.69, 9.17) is 23.6 Å². The van der Waals surface area contributed by atoms with Crippen LogP contribution >= 0.6 is 8.25 Å². The van der Waals surface area contributed by atoms with Gasteiger partial charge in [-0.25, -0.2) is 0 Å². The van der Waals surface area contributed by atoms with Crippen LogP contribution in [0.1, 0.15) is 38.5 Å². The first kappa shape index (κ1) is 22.4. The number of hydrogen-bond acceptors (Lipinski definition) is 9. The van der Waals surface area contributed by atoms with Crippen LogP contribution in [0, 0.1) is 5.92 Å². The van der Waals surface area contributed by atoms with Gasteiger partial charge < -0.3 is 34.6 Å². The molecule has 0 bridgehead atoms. The predicted octanol–water partition coefficient (Wildman–Crippen LogP) is -0.423. The maximum Gasteiger partial charge on any atom is 0.694 e. The Morgan fingerprint density at radius 3 is 2.36 bits per heavy atom. The lowest BCUT2D eigenvalue weighted by molar-refractivity contribution is -0.310. The molecule has 0 aromatic heterocycles. The van der Waals surface area contributed by atoms with Crippen LogP contribution in [0.5, 0.6) is 0 Å². The topological polar surface area (TPSA) is 155 Å². The summed E-state index contributed by atoms with van der Waals surface area (Å²) in [7, 11) is -2.60. The number of aliphatic hydroxyl groups is 4. The Balaban J connectivity index is 1.41. The Morgan fingerprint density at radius 1 is 1.04 bits per heavy atom.